The second-order valence-electron chi connectivity index (χ2n) is 3.94. The molecule has 0 spiro atoms. The third-order valence-corrected chi connectivity index (χ3v) is 2.06. The molecule has 0 aromatic carbocycles. The van der Waals surface area contributed by atoms with Gasteiger partial charge in [0.15, 0.2) is 0 Å². The highest BCUT2D eigenvalue weighted by atomic mass is 16.6. The van der Waals surface area contributed by atoms with Gasteiger partial charge in [0.1, 0.15) is 5.60 Å². The predicted octanol–water partition coefficient (Wildman–Crippen LogP) is 2.29. The van der Waals surface area contributed by atoms with E-state index in [4.69, 9.17) is 10.7 Å². The molecule has 0 saturated heterocycles. The topological polar surface area (TPSA) is 47.6 Å². The van der Waals surface area contributed by atoms with Crippen LogP contribution in [0.4, 0.5) is 0 Å². The number of nitrogens with two attached hydrogens (primary N) is 1. The third kappa shape index (κ3) is 4.20. The second kappa shape index (κ2) is 5.14. The standard InChI is InChI=1S/C10H20N2O/c1-8(2)6-12-7-10(5,13-11)9(3)4/h6-7,9H,11H2,1-5H3/b12-7-. The van der Waals surface area contributed by atoms with Crippen molar-refractivity contribution in [1.82, 2.24) is 0 Å². The van der Waals surface area contributed by atoms with Crippen LogP contribution in [0.25, 0.3) is 0 Å². The fourth-order valence-corrected chi connectivity index (χ4v) is 0.650. The van der Waals surface area contributed by atoms with Crippen molar-refractivity contribution in [3.05, 3.63) is 11.8 Å². The van der Waals surface area contributed by atoms with Crippen molar-refractivity contribution in [1.29, 1.82) is 0 Å². The van der Waals surface area contributed by atoms with Crippen LogP contribution in [0.3, 0.4) is 0 Å². The van der Waals surface area contributed by atoms with Crippen LogP contribution in [-0.4, -0.2) is 11.8 Å². The van der Waals surface area contributed by atoms with Crippen molar-refractivity contribution in [3.8, 4) is 0 Å². The fourth-order valence-electron chi connectivity index (χ4n) is 0.650. The Morgan fingerprint density at radius 3 is 2.31 bits per heavy atom. The SMILES string of the molecule is CC(C)=C/N=C\C(C)(ON)C(C)C. The first-order valence-corrected chi connectivity index (χ1v) is 4.48. The molecule has 76 valence electrons. The zero-order chi connectivity index (χ0) is 10.5. The van der Waals surface area contributed by atoms with E-state index in [2.05, 4.69) is 4.99 Å². The lowest BCUT2D eigenvalue weighted by Gasteiger charge is -2.26. The fraction of sp³-hybridized carbons (Fsp3) is 0.700. The van der Waals surface area contributed by atoms with Gasteiger partial charge in [-0.2, -0.15) is 0 Å². The number of hydrogen-bond donors (Lipinski definition) is 1. The average Bonchev–Trinajstić information content (AvgIpc) is 2.03. The zero-order valence-electron chi connectivity index (χ0n) is 9.16. The van der Waals surface area contributed by atoms with E-state index in [1.165, 1.54) is 0 Å². The summed E-state index contributed by atoms with van der Waals surface area (Å²) in [5, 5.41) is 0. The minimum atomic E-state index is -0.480. The molecule has 0 fully saturated rings. The predicted molar refractivity (Wildman–Crippen MR) is 56.4 cm³/mol. The number of rotatable bonds is 4. The smallest absolute Gasteiger partial charge is 0.124 e. The highest BCUT2D eigenvalue weighted by Crippen LogP contribution is 2.16. The Labute approximate surface area is 80.6 Å². The van der Waals surface area contributed by atoms with Crippen LogP contribution < -0.4 is 5.90 Å². The minimum Gasteiger partial charge on any atom is -0.292 e. The number of aliphatic imine (C=N–C) groups is 1. The van der Waals surface area contributed by atoms with Crippen molar-refractivity contribution in [3.63, 3.8) is 0 Å². The van der Waals surface area contributed by atoms with Gasteiger partial charge in [-0.15, -0.1) is 0 Å². The Morgan fingerprint density at radius 2 is 2.00 bits per heavy atom. The molecule has 0 heterocycles. The van der Waals surface area contributed by atoms with E-state index in [0.717, 1.165) is 5.57 Å². The summed E-state index contributed by atoms with van der Waals surface area (Å²) >= 11 is 0. The third-order valence-electron chi connectivity index (χ3n) is 2.06. The molecule has 0 rings (SSSR count). The second-order valence-corrected chi connectivity index (χ2v) is 3.94. The molecule has 3 heteroatoms. The molecule has 2 N–H and O–H groups in total. The molecule has 0 amide bonds. The van der Waals surface area contributed by atoms with E-state index in [9.17, 15) is 0 Å². The summed E-state index contributed by atoms with van der Waals surface area (Å²) in [7, 11) is 0. The molecule has 0 saturated carbocycles. The normalized spacial score (nSPS) is 16.2. The maximum Gasteiger partial charge on any atom is 0.124 e. The van der Waals surface area contributed by atoms with Crippen molar-refractivity contribution in [2.45, 2.75) is 40.2 Å². The van der Waals surface area contributed by atoms with E-state index >= 15 is 0 Å². The molecular weight excluding hydrogens is 164 g/mol. The molecule has 0 aromatic rings. The minimum absolute atomic E-state index is 0.298. The van der Waals surface area contributed by atoms with E-state index in [1.807, 2.05) is 34.6 Å². The highest BCUT2D eigenvalue weighted by Gasteiger charge is 2.26. The largest absolute Gasteiger partial charge is 0.292 e. The molecule has 3 nitrogen and oxygen atoms in total. The first kappa shape index (κ1) is 12.3. The lowest BCUT2D eigenvalue weighted by Crippen LogP contribution is -2.39. The Bertz CT molecular complexity index is 205. The lowest BCUT2D eigenvalue weighted by molar-refractivity contribution is -0.00915. The quantitative estimate of drug-likeness (QED) is 0.538. The zero-order valence-corrected chi connectivity index (χ0v) is 9.16. The Balaban J connectivity index is 4.44. The lowest BCUT2D eigenvalue weighted by atomic mass is 9.94. The van der Waals surface area contributed by atoms with Gasteiger partial charge in [-0.05, 0) is 26.7 Å². The van der Waals surface area contributed by atoms with Crippen molar-refractivity contribution in [2.24, 2.45) is 16.8 Å². The number of allylic oxidation sites excluding steroid dienone is 1. The van der Waals surface area contributed by atoms with E-state index in [0.29, 0.717) is 5.92 Å². The van der Waals surface area contributed by atoms with Crippen LogP contribution in [0.1, 0.15) is 34.6 Å². The summed E-state index contributed by atoms with van der Waals surface area (Å²) in [5.74, 6) is 5.51. The van der Waals surface area contributed by atoms with Crippen LogP contribution in [-0.2, 0) is 4.84 Å². The van der Waals surface area contributed by atoms with Gasteiger partial charge in [-0.1, -0.05) is 19.4 Å². The molecule has 0 aliphatic rings. The molecular formula is C10H20N2O. The van der Waals surface area contributed by atoms with E-state index in [-0.39, 0.29) is 0 Å². The first-order chi connectivity index (χ1) is 5.92. The van der Waals surface area contributed by atoms with Gasteiger partial charge in [-0.25, -0.2) is 5.90 Å². The molecule has 0 aliphatic heterocycles. The number of nitrogens with zero attached hydrogens (tertiary/aromatic N) is 1. The van der Waals surface area contributed by atoms with Gasteiger partial charge < -0.3 is 0 Å². The average molecular weight is 184 g/mol. The summed E-state index contributed by atoms with van der Waals surface area (Å²) < 4.78 is 0. The maximum atomic E-state index is 5.21. The number of hydrogen-bond acceptors (Lipinski definition) is 3. The van der Waals surface area contributed by atoms with Crippen molar-refractivity contribution < 1.29 is 4.84 Å². The first-order valence-electron chi connectivity index (χ1n) is 4.48. The van der Waals surface area contributed by atoms with Crippen LogP contribution >= 0.6 is 0 Å². The molecule has 1 atom stereocenters. The van der Waals surface area contributed by atoms with Gasteiger partial charge in [0.2, 0.25) is 0 Å². The molecule has 0 aromatic heterocycles. The van der Waals surface area contributed by atoms with Gasteiger partial charge in [0.05, 0.1) is 0 Å². The Hall–Kier alpha value is -0.670. The van der Waals surface area contributed by atoms with Gasteiger partial charge >= 0.3 is 0 Å². The maximum absolute atomic E-state index is 5.21. The van der Waals surface area contributed by atoms with Crippen LogP contribution in [0.5, 0.6) is 0 Å². The molecule has 0 radical (unpaired) electrons. The van der Waals surface area contributed by atoms with Gasteiger partial charge in [-0.3, -0.25) is 9.83 Å². The van der Waals surface area contributed by atoms with E-state index < -0.39 is 5.60 Å². The monoisotopic (exact) mass is 184 g/mol. The van der Waals surface area contributed by atoms with Crippen LogP contribution in [0.2, 0.25) is 0 Å². The van der Waals surface area contributed by atoms with Gasteiger partial charge in [0, 0.05) is 12.4 Å². The summed E-state index contributed by atoms with van der Waals surface area (Å²) in [6.07, 6.45) is 3.53. The summed E-state index contributed by atoms with van der Waals surface area (Å²) in [6.45, 7) is 9.99. The Morgan fingerprint density at radius 1 is 1.46 bits per heavy atom. The summed E-state index contributed by atoms with van der Waals surface area (Å²) in [5.41, 5.74) is 0.672. The summed E-state index contributed by atoms with van der Waals surface area (Å²) in [6, 6.07) is 0. The van der Waals surface area contributed by atoms with E-state index in [1.54, 1.807) is 12.4 Å². The molecule has 0 aliphatic carbocycles. The molecule has 13 heavy (non-hydrogen) atoms. The van der Waals surface area contributed by atoms with Crippen molar-refractivity contribution >= 4 is 6.21 Å². The molecule has 0 bridgehead atoms. The van der Waals surface area contributed by atoms with Crippen LogP contribution in [0, 0.1) is 5.92 Å². The van der Waals surface area contributed by atoms with Crippen LogP contribution in [0.15, 0.2) is 16.8 Å². The highest BCUT2D eigenvalue weighted by molar-refractivity contribution is 5.69. The van der Waals surface area contributed by atoms with Gasteiger partial charge in [0.25, 0.3) is 0 Å². The van der Waals surface area contributed by atoms with Crippen molar-refractivity contribution in [2.75, 3.05) is 0 Å². The summed E-state index contributed by atoms with van der Waals surface area (Å²) in [4.78, 5) is 9.05. The molecule has 1 unspecified atom stereocenters. The Kier molecular flexibility index (Phi) is 4.88.